The van der Waals surface area contributed by atoms with Gasteiger partial charge in [0.05, 0.1) is 0 Å². The Hall–Kier alpha value is -8.72. The fourth-order valence-electron chi connectivity index (χ4n) is 9.60. The zero-order valence-corrected chi connectivity index (χ0v) is 36.2. The van der Waals surface area contributed by atoms with E-state index in [-0.39, 0.29) is 0 Å². The van der Waals surface area contributed by atoms with Crippen molar-refractivity contribution < 1.29 is 4.42 Å². The van der Waals surface area contributed by atoms with Crippen LogP contribution in [0.2, 0.25) is 0 Å². The van der Waals surface area contributed by atoms with Crippen LogP contribution in [-0.2, 0) is 0 Å². The van der Waals surface area contributed by atoms with Crippen LogP contribution in [0.15, 0.2) is 265 Å². The van der Waals surface area contributed by atoms with Crippen LogP contribution >= 0.6 is 0 Å². The predicted octanol–water partition coefficient (Wildman–Crippen LogP) is 18.2. The van der Waals surface area contributed by atoms with Gasteiger partial charge in [-0.2, -0.15) is 0 Å². The molecule has 0 N–H and O–H groups in total. The van der Waals surface area contributed by atoms with Gasteiger partial charge in [-0.25, -0.2) is 0 Å². The van der Waals surface area contributed by atoms with Crippen LogP contribution in [0.1, 0.15) is 0 Å². The van der Waals surface area contributed by atoms with Crippen molar-refractivity contribution in [1.82, 2.24) is 0 Å². The highest BCUT2D eigenvalue weighted by Gasteiger charge is 2.19. The molecule has 0 fully saturated rings. The summed E-state index contributed by atoms with van der Waals surface area (Å²) in [5.74, 6) is 0.886. The first-order chi connectivity index (χ1) is 32.7. The summed E-state index contributed by atoms with van der Waals surface area (Å²) in [4.78, 5) is 2.35. The molecule has 0 radical (unpaired) electrons. The van der Waals surface area contributed by atoms with Crippen LogP contribution in [0.3, 0.4) is 0 Å². The van der Waals surface area contributed by atoms with E-state index in [1.165, 1.54) is 43.8 Å². The maximum atomic E-state index is 6.56. The standard InChI is InChI=1S/C64H43NO/c1-3-14-44(15-4-1)46-30-36-54(37-31-46)65(56-40-34-49(35-41-56)61-43-52-18-7-8-21-57(52)58-22-9-10-23-59(58)61)55-38-32-47(33-39-55)45-26-28-48(29-27-45)51-19-13-20-53(42-51)64-63(50-16-5-2-6-17-50)60-24-11-12-25-62(60)66-64/h1-43H. The molecule has 1 heterocycles. The van der Waals surface area contributed by atoms with Gasteiger partial charge < -0.3 is 9.32 Å². The van der Waals surface area contributed by atoms with Crippen molar-refractivity contribution in [3.05, 3.63) is 261 Å². The molecule has 310 valence electrons. The van der Waals surface area contributed by atoms with E-state index in [1.807, 2.05) is 12.1 Å². The first-order valence-electron chi connectivity index (χ1n) is 22.6. The molecular weight excluding hydrogens is 799 g/mol. The molecule has 11 aromatic carbocycles. The molecular formula is C64H43NO. The number of furan rings is 1. The molecule has 0 aliphatic heterocycles. The van der Waals surface area contributed by atoms with Crippen molar-refractivity contribution in [2.45, 2.75) is 0 Å². The van der Waals surface area contributed by atoms with Gasteiger partial charge in [-0.15, -0.1) is 0 Å². The van der Waals surface area contributed by atoms with Gasteiger partial charge >= 0.3 is 0 Å². The molecule has 0 aliphatic rings. The maximum absolute atomic E-state index is 6.56. The smallest absolute Gasteiger partial charge is 0.143 e. The molecule has 0 spiro atoms. The predicted molar refractivity (Wildman–Crippen MR) is 279 cm³/mol. The molecule has 2 heteroatoms. The minimum Gasteiger partial charge on any atom is -0.455 e. The van der Waals surface area contributed by atoms with Gasteiger partial charge in [0, 0.05) is 33.6 Å². The minimum atomic E-state index is 0.886. The lowest BCUT2D eigenvalue weighted by Gasteiger charge is -2.26. The molecule has 1 aromatic heterocycles. The summed E-state index contributed by atoms with van der Waals surface area (Å²) in [6.07, 6.45) is 0. The molecule has 12 rings (SSSR count). The second-order valence-corrected chi connectivity index (χ2v) is 16.9. The van der Waals surface area contributed by atoms with Crippen LogP contribution in [0.5, 0.6) is 0 Å². The number of hydrogen-bond donors (Lipinski definition) is 0. The zero-order chi connectivity index (χ0) is 43.8. The van der Waals surface area contributed by atoms with Gasteiger partial charge in [0.25, 0.3) is 0 Å². The molecule has 0 bridgehead atoms. The summed E-state index contributed by atoms with van der Waals surface area (Å²) in [7, 11) is 0. The maximum Gasteiger partial charge on any atom is 0.143 e. The Kier molecular flexibility index (Phi) is 9.89. The van der Waals surface area contributed by atoms with Crippen molar-refractivity contribution in [3.63, 3.8) is 0 Å². The van der Waals surface area contributed by atoms with Crippen molar-refractivity contribution in [2.75, 3.05) is 4.90 Å². The number of nitrogens with zero attached hydrogens (tertiary/aromatic N) is 1. The average molecular weight is 842 g/mol. The Morgan fingerprint density at radius 2 is 0.682 bits per heavy atom. The Labute approximate surface area is 384 Å². The largest absolute Gasteiger partial charge is 0.455 e. The van der Waals surface area contributed by atoms with Crippen molar-refractivity contribution in [1.29, 1.82) is 0 Å². The Balaban J connectivity index is 0.862. The van der Waals surface area contributed by atoms with Crippen LogP contribution in [0.25, 0.3) is 99.5 Å². The second kappa shape index (κ2) is 16.8. The first kappa shape index (κ1) is 38.9. The van der Waals surface area contributed by atoms with Crippen molar-refractivity contribution in [3.8, 4) is 67.0 Å². The fourth-order valence-corrected chi connectivity index (χ4v) is 9.60. The fraction of sp³-hybridized carbons (Fsp3) is 0. The highest BCUT2D eigenvalue weighted by Crippen LogP contribution is 2.43. The normalized spacial score (nSPS) is 11.3. The summed E-state index contributed by atoms with van der Waals surface area (Å²) in [6.45, 7) is 0. The van der Waals surface area contributed by atoms with Gasteiger partial charge in [0.2, 0.25) is 0 Å². The van der Waals surface area contributed by atoms with Gasteiger partial charge in [-0.05, 0) is 126 Å². The number of fused-ring (bicyclic) bond motifs is 4. The number of rotatable bonds is 9. The van der Waals surface area contributed by atoms with Gasteiger partial charge in [0.15, 0.2) is 0 Å². The molecule has 0 saturated carbocycles. The number of benzene rings is 11. The SMILES string of the molecule is c1ccc(-c2ccc(N(c3ccc(-c4ccc(-c5cccc(-c6oc7ccccc7c6-c6ccccc6)c5)cc4)cc3)c3ccc(-c4cc5ccccc5c5ccccc45)cc3)cc2)cc1. The van der Waals surface area contributed by atoms with Gasteiger partial charge in [0.1, 0.15) is 11.3 Å². The van der Waals surface area contributed by atoms with E-state index in [9.17, 15) is 0 Å². The van der Waals surface area contributed by atoms with Gasteiger partial charge in [-0.3, -0.25) is 0 Å². The van der Waals surface area contributed by atoms with E-state index in [0.717, 1.165) is 72.7 Å². The first-order valence-corrected chi connectivity index (χ1v) is 22.6. The van der Waals surface area contributed by atoms with Gasteiger partial charge in [-0.1, -0.05) is 206 Å². The van der Waals surface area contributed by atoms with Crippen LogP contribution in [-0.4, -0.2) is 0 Å². The van der Waals surface area contributed by atoms with Crippen molar-refractivity contribution >= 4 is 49.6 Å². The molecule has 0 atom stereocenters. The quantitative estimate of drug-likeness (QED) is 0.135. The second-order valence-electron chi connectivity index (χ2n) is 16.9. The molecule has 66 heavy (non-hydrogen) atoms. The highest BCUT2D eigenvalue weighted by atomic mass is 16.3. The number of hydrogen-bond acceptors (Lipinski definition) is 2. The summed E-state index contributed by atoms with van der Waals surface area (Å²) in [5.41, 5.74) is 16.9. The third kappa shape index (κ3) is 7.21. The Morgan fingerprint density at radius 1 is 0.258 bits per heavy atom. The highest BCUT2D eigenvalue weighted by molar-refractivity contribution is 6.13. The molecule has 0 saturated heterocycles. The number of para-hydroxylation sites is 1. The third-order valence-electron chi connectivity index (χ3n) is 12.9. The summed E-state index contributed by atoms with van der Waals surface area (Å²) in [5, 5.41) is 6.17. The lowest BCUT2D eigenvalue weighted by molar-refractivity contribution is 0.632. The van der Waals surface area contributed by atoms with E-state index in [2.05, 4.69) is 254 Å². The van der Waals surface area contributed by atoms with E-state index < -0.39 is 0 Å². The van der Waals surface area contributed by atoms with Crippen LogP contribution in [0, 0.1) is 0 Å². The summed E-state index contributed by atoms with van der Waals surface area (Å²) >= 11 is 0. The zero-order valence-electron chi connectivity index (χ0n) is 36.2. The summed E-state index contributed by atoms with van der Waals surface area (Å²) in [6, 6.07) is 93.6. The minimum absolute atomic E-state index is 0.886. The molecule has 12 aromatic rings. The average Bonchev–Trinajstić information content (AvgIpc) is 3.80. The monoisotopic (exact) mass is 841 g/mol. The molecule has 0 unspecified atom stereocenters. The number of anilines is 3. The van der Waals surface area contributed by atoms with Crippen LogP contribution < -0.4 is 4.90 Å². The Morgan fingerprint density at radius 3 is 1.30 bits per heavy atom. The van der Waals surface area contributed by atoms with E-state index in [4.69, 9.17) is 4.42 Å². The van der Waals surface area contributed by atoms with Crippen molar-refractivity contribution in [2.24, 2.45) is 0 Å². The van der Waals surface area contributed by atoms with E-state index >= 15 is 0 Å². The van der Waals surface area contributed by atoms with E-state index in [0.29, 0.717) is 0 Å². The molecule has 0 aliphatic carbocycles. The Bertz CT molecular complexity index is 3650. The topological polar surface area (TPSA) is 16.4 Å². The molecule has 2 nitrogen and oxygen atoms in total. The lowest BCUT2D eigenvalue weighted by atomic mass is 9.93. The lowest BCUT2D eigenvalue weighted by Crippen LogP contribution is -2.09. The summed E-state index contributed by atoms with van der Waals surface area (Å²) < 4.78 is 6.56. The third-order valence-corrected chi connectivity index (χ3v) is 12.9. The van der Waals surface area contributed by atoms with E-state index in [1.54, 1.807) is 0 Å². The molecule has 0 amide bonds. The van der Waals surface area contributed by atoms with Crippen LogP contribution in [0.4, 0.5) is 17.1 Å².